The standard InChI is InChI=1S/C25H27N3O5S/c1-3-31-22-7-5-17(11-23(22)32-4-2)9-10-26-24(29)13-28-20-12-18(19-15-34-16-27-19)6-8-21(20)33-14-25(28)30/h5-8,11-12,15-16H,3-4,9-10,13-14H2,1-2H3,(H,26,29). The SMILES string of the molecule is CCOc1ccc(CCNC(=O)CN2C(=O)COc3ccc(-c4cscn4)cc32)cc1OCC. The van der Waals surface area contributed by atoms with E-state index in [-0.39, 0.29) is 25.0 Å². The zero-order chi connectivity index (χ0) is 23.9. The topological polar surface area (TPSA) is 90.0 Å². The molecule has 0 saturated carbocycles. The van der Waals surface area contributed by atoms with Gasteiger partial charge in [-0.15, -0.1) is 11.3 Å². The highest BCUT2D eigenvalue weighted by Crippen LogP contribution is 2.36. The van der Waals surface area contributed by atoms with Gasteiger partial charge in [0.2, 0.25) is 5.91 Å². The van der Waals surface area contributed by atoms with Crippen LogP contribution in [0.25, 0.3) is 11.3 Å². The van der Waals surface area contributed by atoms with Gasteiger partial charge in [-0.2, -0.15) is 0 Å². The summed E-state index contributed by atoms with van der Waals surface area (Å²) < 4.78 is 16.8. The van der Waals surface area contributed by atoms with Crippen LogP contribution in [0.5, 0.6) is 17.2 Å². The molecule has 2 heterocycles. The third-order valence-corrected chi connectivity index (χ3v) is 5.86. The first-order chi connectivity index (χ1) is 16.6. The van der Waals surface area contributed by atoms with E-state index in [1.807, 2.05) is 55.6 Å². The first-order valence-corrected chi connectivity index (χ1v) is 12.1. The number of fused-ring (bicyclic) bond motifs is 1. The molecule has 0 bridgehead atoms. The molecule has 0 spiro atoms. The Labute approximate surface area is 202 Å². The molecule has 2 aromatic carbocycles. The molecule has 1 aliphatic heterocycles. The zero-order valence-corrected chi connectivity index (χ0v) is 20.0. The molecule has 34 heavy (non-hydrogen) atoms. The number of anilines is 1. The van der Waals surface area contributed by atoms with Crippen LogP contribution < -0.4 is 24.4 Å². The fourth-order valence-corrected chi connectivity index (χ4v) is 4.25. The van der Waals surface area contributed by atoms with Gasteiger partial charge in [0.05, 0.1) is 30.1 Å². The first-order valence-electron chi connectivity index (χ1n) is 11.2. The molecule has 178 valence electrons. The number of rotatable bonds is 10. The predicted molar refractivity (Wildman–Crippen MR) is 131 cm³/mol. The lowest BCUT2D eigenvalue weighted by Crippen LogP contribution is -2.45. The molecule has 0 saturated heterocycles. The third-order valence-electron chi connectivity index (χ3n) is 5.28. The third kappa shape index (κ3) is 5.48. The molecule has 8 nitrogen and oxygen atoms in total. The normalized spacial score (nSPS) is 12.6. The largest absolute Gasteiger partial charge is 0.490 e. The summed E-state index contributed by atoms with van der Waals surface area (Å²) in [6, 6.07) is 11.3. The van der Waals surface area contributed by atoms with Crippen molar-refractivity contribution < 1.29 is 23.8 Å². The van der Waals surface area contributed by atoms with E-state index in [0.29, 0.717) is 49.1 Å². The maximum Gasteiger partial charge on any atom is 0.265 e. The predicted octanol–water partition coefficient (Wildman–Crippen LogP) is 3.69. The second kappa shape index (κ2) is 11.0. The summed E-state index contributed by atoms with van der Waals surface area (Å²) in [5, 5.41) is 4.84. The van der Waals surface area contributed by atoms with Gasteiger partial charge in [0, 0.05) is 17.5 Å². The van der Waals surface area contributed by atoms with Crippen LogP contribution in [0.1, 0.15) is 19.4 Å². The summed E-state index contributed by atoms with van der Waals surface area (Å²) in [5.41, 5.74) is 5.03. The molecule has 1 aliphatic rings. The monoisotopic (exact) mass is 481 g/mol. The van der Waals surface area contributed by atoms with Crippen molar-refractivity contribution in [2.45, 2.75) is 20.3 Å². The maximum atomic E-state index is 12.7. The number of nitrogens with zero attached hydrogens (tertiary/aromatic N) is 2. The fourth-order valence-electron chi connectivity index (χ4n) is 3.69. The summed E-state index contributed by atoms with van der Waals surface area (Å²) in [5.74, 6) is 1.48. The van der Waals surface area contributed by atoms with Crippen LogP contribution in [0.15, 0.2) is 47.3 Å². The van der Waals surface area contributed by atoms with E-state index >= 15 is 0 Å². The highest BCUT2D eigenvalue weighted by Gasteiger charge is 2.28. The number of aromatic nitrogens is 1. The lowest BCUT2D eigenvalue weighted by atomic mass is 10.1. The van der Waals surface area contributed by atoms with E-state index in [2.05, 4.69) is 10.3 Å². The minimum atomic E-state index is -0.258. The number of carbonyl (C=O) groups excluding carboxylic acids is 2. The summed E-state index contributed by atoms with van der Waals surface area (Å²) in [7, 11) is 0. The van der Waals surface area contributed by atoms with E-state index in [9.17, 15) is 9.59 Å². The van der Waals surface area contributed by atoms with Gasteiger partial charge < -0.3 is 19.5 Å². The van der Waals surface area contributed by atoms with Crippen molar-refractivity contribution >= 4 is 28.8 Å². The molecule has 2 amide bonds. The minimum absolute atomic E-state index is 0.0802. The summed E-state index contributed by atoms with van der Waals surface area (Å²) in [6.07, 6.45) is 0.625. The highest BCUT2D eigenvalue weighted by molar-refractivity contribution is 7.07. The zero-order valence-electron chi connectivity index (χ0n) is 19.2. The summed E-state index contributed by atoms with van der Waals surface area (Å²) in [4.78, 5) is 31.0. The molecule has 0 atom stereocenters. The van der Waals surface area contributed by atoms with Gasteiger partial charge in [0.1, 0.15) is 12.3 Å². The second-order valence-electron chi connectivity index (χ2n) is 7.57. The average molecular weight is 482 g/mol. The number of ether oxygens (including phenoxy) is 3. The van der Waals surface area contributed by atoms with Crippen molar-refractivity contribution in [1.29, 1.82) is 0 Å². The number of hydrogen-bond acceptors (Lipinski definition) is 7. The Morgan fingerprint density at radius 2 is 1.97 bits per heavy atom. The molecule has 4 rings (SSSR count). The van der Waals surface area contributed by atoms with Gasteiger partial charge in [-0.3, -0.25) is 14.5 Å². The van der Waals surface area contributed by atoms with Crippen LogP contribution >= 0.6 is 11.3 Å². The first kappa shape index (κ1) is 23.6. The van der Waals surface area contributed by atoms with E-state index < -0.39 is 0 Å². The van der Waals surface area contributed by atoms with Crippen molar-refractivity contribution in [3.63, 3.8) is 0 Å². The Morgan fingerprint density at radius 1 is 1.15 bits per heavy atom. The Balaban J connectivity index is 1.39. The highest BCUT2D eigenvalue weighted by atomic mass is 32.1. The van der Waals surface area contributed by atoms with Crippen molar-refractivity contribution in [2.24, 2.45) is 0 Å². The van der Waals surface area contributed by atoms with Crippen LogP contribution in [-0.2, 0) is 16.0 Å². The molecule has 0 fully saturated rings. The Bertz CT molecular complexity index is 1150. The van der Waals surface area contributed by atoms with Gasteiger partial charge >= 0.3 is 0 Å². The number of carbonyl (C=O) groups is 2. The van der Waals surface area contributed by atoms with Gasteiger partial charge in [0.15, 0.2) is 18.1 Å². The molecule has 1 aromatic heterocycles. The quantitative estimate of drug-likeness (QED) is 0.475. The van der Waals surface area contributed by atoms with Crippen LogP contribution in [0, 0.1) is 0 Å². The van der Waals surface area contributed by atoms with Crippen molar-refractivity contribution in [3.8, 4) is 28.5 Å². The Hall–Kier alpha value is -3.59. The fraction of sp³-hybridized carbons (Fsp3) is 0.320. The van der Waals surface area contributed by atoms with Gasteiger partial charge in [-0.1, -0.05) is 6.07 Å². The number of nitrogens with one attached hydrogen (secondary N) is 1. The van der Waals surface area contributed by atoms with Crippen LogP contribution in [-0.4, -0.2) is 49.7 Å². The van der Waals surface area contributed by atoms with Crippen molar-refractivity contribution in [1.82, 2.24) is 10.3 Å². The van der Waals surface area contributed by atoms with E-state index in [4.69, 9.17) is 14.2 Å². The van der Waals surface area contributed by atoms with Crippen molar-refractivity contribution in [2.75, 3.05) is 37.8 Å². The van der Waals surface area contributed by atoms with Gasteiger partial charge in [-0.25, -0.2) is 4.98 Å². The van der Waals surface area contributed by atoms with E-state index in [0.717, 1.165) is 16.8 Å². The molecule has 0 unspecified atom stereocenters. The molecule has 9 heteroatoms. The lowest BCUT2D eigenvalue weighted by molar-refractivity contribution is -0.125. The number of amides is 2. The van der Waals surface area contributed by atoms with E-state index in [1.165, 1.54) is 16.2 Å². The summed E-state index contributed by atoms with van der Waals surface area (Å²) >= 11 is 1.50. The number of hydrogen-bond donors (Lipinski definition) is 1. The van der Waals surface area contributed by atoms with Crippen LogP contribution in [0.2, 0.25) is 0 Å². The second-order valence-corrected chi connectivity index (χ2v) is 8.29. The average Bonchev–Trinajstić information content (AvgIpc) is 3.38. The Morgan fingerprint density at radius 3 is 2.74 bits per heavy atom. The molecular weight excluding hydrogens is 454 g/mol. The Kier molecular flexibility index (Phi) is 7.64. The molecule has 0 aliphatic carbocycles. The molecule has 3 aromatic rings. The lowest BCUT2D eigenvalue weighted by Gasteiger charge is -2.29. The van der Waals surface area contributed by atoms with Gasteiger partial charge in [-0.05, 0) is 56.2 Å². The molecular formula is C25H27N3O5S. The van der Waals surface area contributed by atoms with Gasteiger partial charge in [0.25, 0.3) is 5.91 Å². The number of thiazole rings is 1. The molecule has 0 radical (unpaired) electrons. The summed E-state index contributed by atoms with van der Waals surface area (Å²) in [6.45, 7) is 5.21. The molecule has 1 N–H and O–H groups in total. The number of benzene rings is 2. The van der Waals surface area contributed by atoms with E-state index in [1.54, 1.807) is 5.51 Å². The maximum absolute atomic E-state index is 12.7. The van der Waals surface area contributed by atoms with Crippen LogP contribution in [0.4, 0.5) is 5.69 Å². The minimum Gasteiger partial charge on any atom is -0.490 e. The van der Waals surface area contributed by atoms with Crippen LogP contribution in [0.3, 0.4) is 0 Å². The smallest absolute Gasteiger partial charge is 0.265 e. The van der Waals surface area contributed by atoms with Crippen molar-refractivity contribution in [3.05, 3.63) is 52.9 Å².